The first-order chi connectivity index (χ1) is 8.86. The van der Waals surface area contributed by atoms with Gasteiger partial charge in [0.05, 0.1) is 13.2 Å². The minimum atomic E-state index is 0.443. The second-order valence-electron chi connectivity index (χ2n) is 6.16. The predicted molar refractivity (Wildman–Crippen MR) is 70.8 cm³/mol. The van der Waals surface area contributed by atoms with Crippen LogP contribution in [0.3, 0.4) is 0 Å². The third-order valence-electron chi connectivity index (χ3n) is 4.56. The van der Waals surface area contributed by atoms with Gasteiger partial charge in [-0.1, -0.05) is 0 Å². The summed E-state index contributed by atoms with van der Waals surface area (Å²) >= 11 is 0. The van der Waals surface area contributed by atoms with Crippen molar-refractivity contribution in [3.05, 3.63) is 0 Å². The first kappa shape index (κ1) is 12.9. The Morgan fingerprint density at radius 2 is 1.67 bits per heavy atom. The van der Waals surface area contributed by atoms with Crippen molar-refractivity contribution in [3.8, 4) is 0 Å². The van der Waals surface area contributed by atoms with Crippen LogP contribution in [0.4, 0.5) is 0 Å². The van der Waals surface area contributed by atoms with Gasteiger partial charge in [0.15, 0.2) is 0 Å². The van der Waals surface area contributed by atoms with Gasteiger partial charge in [-0.3, -0.25) is 4.90 Å². The molecule has 3 fully saturated rings. The van der Waals surface area contributed by atoms with Gasteiger partial charge in [0, 0.05) is 45.4 Å². The van der Waals surface area contributed by atoms with Crippen LogP contribution in [0.15, 0.2) is 0 Å². The Bertz CT molecular complexity index is 257. The minimum absolute atomic E-state index is 0.443. The molecule has 18 heavy (non-hydrogen) atoms. The van der Waals surface area contributed by atoms with Gasteiger partial charge in [0.2, 0.25) is 0 Å². The fraction of sp³-hybridized carbons (Fsp3) is 1.00. The molecule has 104 valence electrons. The molecule has 0 amide bonds. The summed E-state index contributed by atoms with van der Waals surface area (Å²) in [7, 11) is 0. The zero-order valence-electron chi connectivity index (χ0n) is 11.3. The molecule has 1 saturated carbocycles. The molecule has 0 spiro atoms. The molecule has 2 aliphatic heterocycles. The van der Waals surface area contributed by atoms with Crippen LogP contribution in [0.2, 0.25) is 0 Å². The Kier molecular flexibility index (Phi) is 4.19. The monoisotopic (exact) mass is 254 g/mol. The highest BCUT2D eigenvalue weighted by atomic mass is 16.5. The fourth-order valence-electron chi connectivity index (χ4n) is 3.08. The summed E-state index contributed by atoms with van der Waals surface area (Å²) in [4.78, 5) is 2.59. The molecular weight excluding hydrogens is 228 g/mol. The van der Waals surface area contributed by atoms with E-state index in [0.717, 1.165) is 45.6 Å². The molecule has 0 aromatic heterocycles. The average Bonchev–Trinajstić information content (AvgIpc) is 3.23. The van der Waals surface area contributed by atoms with Crippen molar-refractivity contribution in [2.45, 2.75) is 31.7 Å². The minimum Gasteiger partial charge on any atom is -0.381 e. The van der Waals surface area contributed by atoms with Crippen LogP contribution in [-0.4, -0.2) is 63.5 Å². The van der Waals surface area contributed by atoms with E-state index < -0.39 is 0 Å². The first-order valence-electron chi connectivity index (χ1n) is 7.48. The van der Waals surface area contributed by atoms with Crippen molar-refractivity contribution < 1.29 is 9.47 Å². The maximum Gasteiger partial charge on any atom is 0.0594 e. The van der Waals surface area contributed by atoms with E-state index in [1.807, 2.05) is 0 Å². The van der Waals surface area contributed by atoms with Gasteiger partial charge in [0.25, 0.3) is 0 Å². The van der Waals surface area contributed by atoms with Crippen molar-refractivity contribution in [1.82, 2.24) is 10.2 Å². The number of hydrogen-bond acceptors (Lipinski definition) is 4. The van der Waals surface area contributed by atoms with Crippen molar-refractivity contribution in [2.75, 3.05) is 52.6 Å². The van der Waals surface area contributed by atoms with E-state index in [4.69, 9.17) is 9.47 Å². The van der Waals surface area contributed by atoms with E-state index in [1.165, 1.54) is 38.8 Å². The number of hydrogen-bond donors (Lipinski definition) is 1. The third kappa shape index (κ3) is 3.44. The third-order valence-corrected chi connectivity index (χ3v) is 4.56. The molecule has 0 unspecified atom stereocenters. The molecule has 0 aromatic carbocycles. The highest BCUT2D eigenvalue weighted by Gasteiger charge is 2.36. The summed E-state index contributed by atoms with van der Waals surface area (Å²) in [5.41, 5.74) is 0.443. The van der Waals surface area contributed by atoms with E-state index in [-0.39, 0.29) is 0 Å². The number of ether oxygens (including phenoxy) is 2. The summed E-state index contributed by atoms with van der Waals surface area (Å²) in [6.45, 7) is 8.30. The number of nitrogens with one attached hydrogen (secondary N) is 1. The Morgan fingerprint density at radius 1 is 1.00 bits per heavy atom. The zero-order valence-corrected chi connectivity index (χ0v) is 11.3. The van der Waals surface area contributed by atoms with Crippen LogP contribution in [-0.2, 0) is 9.47 Å². The number of nitrogens with zero attached hydrogens (tertiary/aromatic N) is 1. The maximum absolute atomic E-state index is 5.57. The molecule has 1 N–H and O–H groups in total. The van der Waals surface area contributed by atoms with Gasteiger partial charge >= 0.3 is 0 Å². The summed E-state index contributed by atoms with van der Waals surface area (Å²) < 4.78 is 11.0. The highest BCUT2D eigenvalue weighted by molar-refractivity contribution is 4.91. The lowest BCUT2D eigenvalue weighted by atomic mass is 9.79. The van der Waals surface area contributed by atoms with Gasteiger partial charge in [0.1, 0.15) is 0 Å². The molecule has 3 aliphatic rings. The van der Waals surface area contributed by atoms with Crippen LogP contribution < -0.4 is 5.32 Å². The Hall–Kier alpha value is -0.160. The van der Waals surface area contributed by atoms with Gasteiger partial charge in [-0.05, 0) is 31.1 Å². The molecule has 0 bridgehead atoms. The van der Waals surface area contributed by atoms with Crippen molar-refractivity contribution in [1.29, 1.82) is 0 Å². The molecule has 2 saturated heterocycles. The fourth-order valence-corrected chi connectivity index (χ4v) is 3.08. The van der Waals surface area contributed by atoms with Crippen LogP contribution in [0.1, 0.15) is 25.7 Å². The molecular formula is C14H26N2O2. The number of morpholine rings is 1. The van der Waals surface area contributed by atoms with Gasteiger partial charge < -0.3 is 14.8 Å². The van der Waals surface area contributed by atoms with Gasteiger partial charge in [-0.25, -0.2) is 0 Å². The molecule has 4 nitrogen and oxygen atoms in total. The normalized spacial score (nSPS) is 29.3. The van der Waals surface area contributed by atoms with Crippen LogP contribution >= 0.6 is 0 Å². The van der Waals surface area contributed by atoms with Crippen LogP contribution in [0, 0.1) is 5.41 Å². The van der Waals surface area contributed by atoms with Crippen LogP contribution in [0.25, 0.3) is 0 Å². The molecule has 3 rings (SSSR count). The standard InChI is InChI=1S/C14H26N2O2/c1-2-13(1)15-11-14(3-7-17-8-4-14)12-16-5-9-18-10-6-16/h13,15H,1-12H2. The topological polar surface area (TPSA) is 33.7 Å². The molecule has 1 aliphatic carbocycles. The maximum atomic E-state index is 5.57. The Labute approximate surface area is 110 Å². The van der Waals surface area contributed by atoms with Gasteiger partial charge in [-0.2, -0.15) is 0 Å². The summed E-state index contributed by atoms with van der Waals surface area (Å²) in [6.07, 6.45) is 5.18. The lowest BCUT2D eigenvalue weighted by molar-refractivity contribution is -0.0289. The Morgan fingerprint density at radius 3 is 2.33 bits per heavy atom. The highest BCUT2D eigenvalue weighted by Crippen LogP contribution is 2.32. The smallest absolute Gasteiger partial charge is 0.0594 e. The molecule has 0 radical (unpaired) electrons. The van der Waals surface area contributed by atoms with E-state index in [0.29, 0.717) is 5.41 Å². The second kappa shape index (κ2) is 5.87. The molecule has 0 aromatic rings. The van der Waals surface area contributed by atoms with E-state index >= 15 is 0 Å². The summed E-state index contributed by atoms with van der Waals surface area (Å²) in [5.74, 6) is 0. The first-order valence-corrected chi connectivity index (χ1v) is 7.48. The van der Waals surface area contributed by atoms with E-state index in [2.05, 4.69) is 10.2 Å². The van der Waals surface area contributed by atoms with Crippen molar-refractivity contribution >= 4 is 0 Å². The molecule has 2 heterocycles. The average molecular weight is 254 g/mol. The SMILES string of the molecule is C1CN(CC2(CNC3CC3)CCOCC2)CCO1. The predicted octanol–water partition coefficient (Wildman–Crippen LogP) is 0.867. The second-order valence-corrected chi connectivity index (χ2v) is 6.16. The Balaban J connectivity index is 1.55. The lowest BCUT2D eigenvalue weighted by Gasteiger charge is -2.42. The van der Waals surface area contributed by atoms with E-state index in [9.17, 15) is 0 Å². The molecule has 0 atom stereocenters. The lowest BCUT2D eigenvalue weighted by Crippen LogP contribution is -2.50. The van der Waals surface area contributed by atoms with E-state index in [1.54, 1.807) is 0 Å². The molecule has 4 heteroatoms. The van der Waals surface area contributed by atoms with Crippen LogP contribution in [0.5, 0.6) is 0 Å². The van der Waals surface area contributed by atoms with Crippen molar-refractivity contribution in [2.24, 2.45) is 5.41 Å². The van der Waals surface area contributed by atoms with Crippen molar-refractivity contribution in [3.63, 3.8) is 0 Å². The summed E-state index contributed by atoms with van der Waals surface area (Å²) in [5, 5.41) is 3.74. The largest absolute Gasteiger partial charge is 0.381 e. The summed E-state index contributed by atoms with van der Waals surface area (Å²) in [6, 6.07) is 0.814. The number of rotatable bonds is 5. The quantitative estimate of drug-likeness (QED) is 0.789. The van der Waals surface area contributed by atoms with Gasteiger partial charge in [-0.15, -0.1) is 0 Å². The zero-order chi connectivity index (χ0) is 12.3.